The third-order valence-electron chi connectivity index (χ3n) is 4.03. The number of rotatable bonds is 2. The molecule has 0 aromatic heterocycles. The third kappa shape index (κ3) is 2.29. The van der Waals surface area contributed by atoms with E-state index < -0.39 is 0 Å². The Bertz CT molecular complexity index is 309. The lowest BCUT2D eigenvalue weighted by atomic mass is 9.87. The van der Waals surface area contributed by atoms with Gasteiger partial charge in [-0.2, -0.15) is 0 Å². The lowest BCUT2D eigenvalue weighted by molar-refractivity contribution is -0.125. The Labute approximate surface area is 97.5 Å². The van der Waals surface area contributed by atoms with E-state index >= 15 is 0 Å². The predicted molar refractivity (Wildman–Crippen MR) is 64.8 cm³/mol. The highest BCUT2D eigenvalue weighted by Crippen LogP contribution is 2.37. The van der Waals surface area contributed by atoms with E-state index in [1.165, 1.54) is 12.8 Å². The van der Waals surface area contributed by atoms with Crippen molar-refractivity contribution in [1.29, 1.82) is 0 Å². The van der Waals surface area contributed by atoms with Crippen LogP contribution >= 0.6 is 0 Å². The van der Waals surface area contributed by atoms with Gasteiger partial charge in [0.05, 0.1) is 5.92 Å². The van der Waals surface area contributed by atoms with Gasteiger partial charge in [-0.15, -0.1) is 0 Å². The van der Waals surface area contributed by atoms with Crippen LogP contribution < -0.4 is 11.1 Å². The zero-order valence-electron chi connectivity index (χ0n) is 10.2. The summed E-state index contributed by atoms with van der Waals surface area (Å²) in [6, 6.07) is 0.401. The molecule has 0 saturated heterocycles. The highest BCUT2D eigenvalue weighted by Gasteiger charge is 2.36. The van der Waals surface area contributed by atoms with Crippen LogP contribution in [-0.4, -0.2) is 18.0 Å². The molecule has 90 valence electrons. The minimum absolute atomic E-state index is 0.00796. The topological polar surface area (TPSA) is 55.1 Å². The molecule has 1 saturated carbocycles. The number of nitrogens with two attached hydrogens (primary N) is 1. The van der Waals surface area contributed by atoms with Crippen molar-refractivity contribution in [2.24, 2.45) is 17.1 Å². The average molecular weight is 222 g/mol. The average Bonchev–Trinajstić information content (AvgIpc) is 2.74. The highest BCUT2D eigenvalue weighted by molar-refractivity contribution is 5.81. The molecule has 1 fully saturated rings. The van der Waals surface area contributed by atoms with Gasteiger partial charge in [0.1, 0.15) is 0 Å². The Morgan fingerprint density at radius 2 is 2.19 bits per heavy atom. The van der Waals surface area contributed by atoms with Crippen molar-refractivity contribution < 1.29 is 4.79 Å². The number of carbonyl (C=O) groups is 1. The van der Waals surface area contributed by atoms with E-state index in [4.69, 9.17) is 5.73 Å². The van der Waals surface area contributed by atoms with Crippen LogP contribution in [0.1, 0.15) is 39.5 Å². The van der Waals surface area contributed by atoms with Crippen molar-refractivity contribution in [2.45, 2.75) is 51.6 Å². The fourth-order valence-electron chi connectivity index (χ4n) is 2.79. The Kier molecular flexibility index (Phi) is 3.06. The molecule has 0 radical (unpaired) electrons. The zero-order valence-corrected chi connectivity index (χ0v) is 10.2. The summed E-state index contributed by atoms with van der Waals surface area (Å²) in [5.41, 5.74) is 6.01. The number of amides is 1. The summed E-state index contributed by atoms with van der Waals surface area (Å²) in [7, 11) is 0. The molecule has 0 bridgehead atoms. The summed E-state index contributed by atoms with van der Waals surface area (Å²) in [4.78, 5) is 12.0. The summed E-state index contributed by atoms with van der Waals surface area (Å²) < 4.78 is 0. The predicted octanol–water partition coefficient (Wildman–Crippen LogP) is 1.58. The summed E-state index contributed by atoms with van der Waals surface area (Å²) in [6.07, 6.45) is 8.18. The van der Waals surface area contributed by atoms with Crippen LogP contribution in [0.3, 0.4) is 0 Å². The minimum atomic E-state index is -0.00796. The Hall–Kier alpha value is -0.830. The summed E-state index contributed by atoms with van der Waals surface area (Å²) in [5, 5.41) is 3.19. The van der Waals surface area contributed by atoms with Crippen LogP contribution in [0.5, 0.6) is 0 Å². The minimum Gasteiger partial charge on any atom is -0.352 e. The molecule has 0 aromatic rings. The molecular formula is C13H22N2O. The van der Waals surface area contributed by atoms with E-state index in [-0.39, 0.29) is 23.3 Å². The molecule has 2 aliphatic rings. The molecule has 3 nitrogen and oxygen atoms in total. The first-order valence-electron chi connectivity index (χ1n) is 6.23. The SMILES string of the molecule is CC1(C)CCCC1NC(=O)C1C=CC(N)C1. The summed E-state index contributed by atoms with van der Waals surface area (Å²) >= 11 is 0. The van der Waals surface area contributed by atoms with Crippen LogP contribution in [0.2, 0.25) is 0 Å². The van der Waals surface area contributed by atoms with E-state index in [0.29, 0.717) is 6.04 Å². The van der Waals surface area contributed by atoms with Crippen LogP contribution in [-0.2, 0) is 4.79 Å². The van der Waals surface area contributed by atoms with Crippen LogP contribution in [0.25, 0.3) is 0 Å². The van der Waals surface area contributed by atoms with Gasteiger partial charge in [0.2, 0.25) is 5.91 Å². The van der Waals surface area contributed by atoms with Crippen molar-refractivity contribution in [2.75, 3.05) is 0 Å². The van der Waals surface area contributed by atoms with E-state index in [1.807, 2.05) is 12.2 Å². The molecule has 16 heavy (non-hydrogen) atoms. The van der Waals surface area contributed by atoms with Crippen LogP contribution in [0.4, 0.5) is 0 Å². The van der Waals surface area contributed by atoms with Gasteiger partial charge in [0.15, 0.2) is 0 Å². The number of carbonyl (C=O) groups excluding carboxylic acids is 1. The van der Waals surface area contributed by atoms with Crippen molar-refractivity contribution in [3.63, 3.8) is 0 Å². The van der Waals surface area contributed by atoms with Crippen molar-refractivity contribution in [3.05, 3.63) is 12.2 Å². The molecular weight excluding hydrogens is 200 g/mol. The molecule has 3 unspecified atom stereocenters. The second-order valence-corrected chi connectivity index (χ2v) is 5.83. The Morgan fingerprint density at radius 3 is 2.69 bits per heavy atom. The lowest BCUT2D eigenvalue weighted by Gasteiger charge is -2.28. The quantitative estimate of drug-likeness (QED) is 0.697. The van der Waals surface area contributed by atoms with E-state index in [0.717, 1.165) is 12.8 Å². The second-order valence-electron chi connectivity index (χ2n) is 5.83. The van der Waals surface area contributed by atoms with Gasteiger partial charge in [0, 0.05) is 12.1 Å². The maximum atomic E-state index is 12.0. The maximum absolute atomic E-state index is 12.0. The van der Waals surface area contributed by atoms with Gasteiger partial charge >= 0.3 is 0 Å². The zero-order chi connectivity index (χ0) is 11.8. The molecule has 0 heterocycles. The van der Waals surface area contributed by atoms with Gasteiger partial charge in [-0.05, 0) is 24.7 Å². The Balaban J connectivity index is 1.90. The fraction of sp³-hybridized carbons (Fsp3) is 0.769. The molecule has 0 aliphatic heterocycles. The van der Waals surface area contributed by atoms with Crippen molar-refractivity contribution in [3.8, 4) is 0 Å². The van der Waals surface area contributed by atoms with Gasteiger partial charge < -0.3 is 11.1 Å². The fourth-order valence-corrected chi connectivity index (χ4v) is 2.79. The van der Waals surface area contributed by atoms with Gasteiger partial charge in [-0.1, -0.05) is 32.4 Å². The van der Waals surface area contributed by atoms with E-state index in [2.05, 4.69) is 19.2 Å². The Morgan fingerprint density at radius 1 is 1.44 bits per heavy atom. The normalized spacial score (nSPS) is 36.6. The molecule has 0 aromatic carbocycles. The lowest BCUT2D eigenvalue weighted by Crippen LogP contribution is -2.44. The van der Waals surface area contributed by atoms with Crippen molar-refractivity contribution >= 4 is 5.91 Å². The van der Waals surface area contributed by atoms with Crippen LogP contribution in [0.15, 0.2) is 12.2 Å². The van der Waals surface area contributed by atoms with E-state index in [1.54, 1.807) is 0 Å². The van der Waals surface area contributed by atoms with Gasteiger partial charge in [-0.25, -0.2) is 0 Å². The van der Waals surface area contributed by atoms with E-state index in [9.17, 15) is 4.79 Å². The first-order valence-corrected chi connectivity index (χ1v) is 6.23. The molecule has 1 amide bonds. The van der Waals surface area contributed by atoms with Gasteiger partial charge in [-0.3, -0.25) is 4.79 Å². The number of nitrogens with one attached hydrogen (secondary N) is 1. The molecule has 3 heteroatoms. The summed E-state index contributed by atoms with van der Waals surface area (Å²) in [6.45, 7) is 4.47. The first kappa shape index (κ1) is 11.6. The molecule has 0 spiro atoms. The number of hydrogen-bond donors (Lipinski definition) is 2. The van der Waals surface area contributed by atoms with Crippen molar-refractivity contribution in [1.82, 2.24) is 5.32 Å². The summed E-state index contributed by atoms with van der Waals surface area (Å²) in [5.74, 6) is 0.149. The monoisotopic (exact) mass is 222 g/mol. The maximum Gasteiger partial charge on any atom is 0.227 e. The molecule has 2 aliphatic carbocycles. The van der Waals surface area contributed by atoms with Crippen LogP contribution in [0, 0.1) is 11.3 Å². The standard InChI is InChI=1S/C13H22N2O/c1-13(2)7-3-4-11(13)15-12(16)9-5-6-10(14)8-9/h5-6,9-11H,3-4,7-8,14H2,1-2H3,(H,15,16). The smallest absolute Gasteiger partial charge is 0.227 e. The largest absolute Gasteiger partial charge is 0.352 e. The molecule has 3 atom stereocenters. The number of hydrogen-bond acceptors (Lipinski definition) is 2. The van der Waals surface area contributed by atoms with Gasteiger partial charge in [0.25, 0.3) is 0 Å². The highest BCUT2D eigenvalue weighted by atomic mass is 16.1. The molecule has 3 N–H and O–H groups in total. The second kappa shape index (κ2) is 4.21. The molecule has 2 rings (SSSR count). The third-order valence-corrected chi connectivity index (χ3v) is 4.03. The first-order chi connectivity index (χ1) is 7.49.